The SMILES string of the molecule is Cc1nc(CN2CCN(C(=O)CSc3nncn3-c3ccc(C(C)C)cc3)CC2)n[nH]1. The summed E-state index contributed by atoms with van der Waals surface area (Å²) < 4.78 is 1.93. The zero-order valence-corrected chi connectivity index (χ0v) is 19.0. The van der Waals surface area contributed by atoms with Gasteiger partial charge in [0.05, 0.1) is 12.3 Å². The van der Waals surface area contributed by atoms with Gasteiger partial charge in [-0.1, -0.05) is 37.7 Å². The Kier molecular flexibility index (Phi) is 6.67. The van der Waals surface area contributed by atoms with Crippen LogP contribution in [0.2, 0.25) is 0 Å². The molecule has 2 aromatic heterocycles. The molecule has 9 nitrogen and oxygen atoms in total. The normalized spacial score (nSPS) is 15.0. The third kappa shape index (κ3) is 5.31. The Bertz CT molecular complexity index is 1000. The van der Waals surface area contributed by atoms with Crippen LogP contribution in [0, 0.1) is 6.92 Å². The van der Waals surface area contributed by atoms with E-state index in [2.05, 4.69) is 68.4 Å². The van der Waals surface area contributed by atoms with Crippen LogP contribution < -0.4 is 0 Å². The van der Waals surface area contributed by atoms with Crippen molar-refractivity contribution in [3.63, 3.8) is 0 Å². The van der Waals surface area contributed by atoms with E-state index in [0.29, 0.717) is 31.3 Å². The van der Waals surface area contributed by atoms with E-state index in [4.69, 9.17) is 0 Å². The minimum Gasteiger partial charge on any atom is -0.339 e. The molecular weight excluding hydrogens is 412 g/mol. The first-order valence-corrected chi connectivity index (χ1v) is 11.5. The number of thioether (sulfide) groups is 1. The lowest BCUT2D eigenvalue weighted by Gasteiger charge is -2.34. The number of H-pyrrole nitrogens is 1. The number of amides is 1. The Balaban J connectivity index is 1.28. The highest BCUT2D eigenvalue weighted by atomic mass is 32.2. The van der Waals surface area contributed by atoms with Gasteiger partial charge in [0.1, 0.15) is 12.2 Å². The molecule has 1 amide bonds. The van der Waals surface area contributed by atoms with Gasteiger partial charge in [0.15, 0.2) is 11.0 Å². The van der Waals surface area contributed by atoms with E-state index in [1.54, 1.807) is 6.33 Å². The van der Waals surface area contributed by atoms with Gasteiger partial charge in [0, 0.05) is 31.9 Å². The molecule has 3 aromatic rings. The Morgan fingerprint density at radius 1 is 1.16 bits per heavy atom. The maximum atomic E-state index is 12.7. The summed E-state index contributed by atoms with van der Waals surface area (Å²) in [6, 6.07) is 8.39. The van der Waals surface area contributed by atoms with Crippen LogP contribution in [0.15, 0.2) is 35.7 Å². The second-order valence-corrected chi connectivity index (χ2v) is 8.95. The van der Waals surface area contributed by atoms with E-state index in [1.807, 2.05) is 16.4 Å². The molecule has 1 aromatic carbocycles. The molecule has 1 aliphatic heterocycles. The molecule has 1 saturated heterocycles. The van der Waals surface area contributed by atoms with Gasteiger partial charge < -0.3 is 4.90 Å². The highest BCUT2D eigenvalue weighted by Crippen LogP contribution is 2.22. The molecule has 1 N–H and O–H groups in total. The predicted molar refractivity (Wildman–Crippen MR) is 119 cm³/mol. The van der Waals surface area contributed by atoms with Crippen molar-refractivity contribution >= 4 is 17.7 Å². The topological polar surface area (TPSA) is 95.8 Å². The molecule has 10 heteroatoms. The Morgan fingerprint density at radius 2 is 1.90 bits per heavy atom. The summed E-state index contributed by atoms with van der Waals surface area (Å²) in [5.74, 6) is 2.59. The molecule has 31 heavy (non-hydrogen) atoms. The number of aryl methyl sites for hydroxylation is 1. The van der Waals surface area contributed by atoms with Gasteiger partial charge in [0.25, 0.3) is 0 Å². The van der Waals surface area contributed by atoms with Gasteiger partial charge in [-0.2, -0.15) is 5.10 Å². The lowest BCUT2D eigenvalue weighted by molar-refractivity contribution is -0.130. The number of hydrogen-bond acceptors (Lipinski definition) is 7. The first kappa shape index (κ1) is 21.5. The lowest BCUT2D eigenvalue weighted by Crippen LogP contribution is -2.48. The van der Waals surface area contributed by atoms with E-state index in [-0.39, 0.29) is 5.91 Å². The van der Waals surface area contributed by atoms with Gasteiger partial charge in [-0.15, -0.1) is 10.2 Å². The highest BCUT2D eigenvalue weighted by Gasteiger charge is 2.22. The van der Waals surface area contributed by atoms with Crippen molar-refractivity contribution in [2.24, 2.45) is 0 Å². The summed E-state index contributed by atoms with van der Waals surface area (Å²) in [5, 5.41) is 16.0. The van der Waals surface area contributed by atoms with Crippen LogP contribution in [-0.2, 0) is 11.3 Å². The fourth-order valence-corrected chi connectivity index (χ4v) is 4.38. The minimum absolute atomic E-state index is 0.128. The van der Waals surface area contributed by atoms with E-state index >= 15 is 0 Å². The summed E-state index contributed by atoms with van der Waals surface area (Å²) in [5.41, 5.74) is 2.29. The van der Waals surface area contributed by atoms with Crippen molar-refractivity contribution in [3.8, 4) is 5.69 Å². The van der Waals surface area contributed by atoms with Crippen molar-refractivity contribution < 1.29 is 4.79 Å². The van der Waals surface area contributed by atoms with E-state index in [1.165, 1.54) is 17.3 Å². The summed E-state index contributed by atoms with van der Waals surface area (Å²) in [7, 11) is 0. The summed E-state index contributed by atoms with van der Waals surface area (Å²) in [6.45, 7) is 10.0. The van der Waals surface area contributed by atoms with Crippen LogP contribution in [0.1, 0.15) is 37.0 Å². The molecule has 0 aliphatic carbocycles. The van der Waals surface area contributed by atoms with Crippen LogP contribution in [0.4, 0.5) is 0 Å². The van der Waals surface area contributed by atoms with E-state index in [0.717, 1.165) is 35.6 Å². The van der Waals surface area contributed by atoms with Crippen molar-refractivity contribution in [3.05, 3.63) is 47.8 Å². The number of carbonyl (C=O) groups is 1. The molecule has 1 aliphatic rings. The average molecular weight is 441 g/mol. The Labute approximate surface area is 186 Å². The highest BCUT2D eigenvalue weighted by molar-refractivity contribution is 7.99. The quantitative estimate of drug-likeness (QED) is 0.563. The summed E-state index contributed by atoms with van der Waals surface area (Å²) in [6.07, 6.45) is 1.70. The van der Waals surface area contributed by atoms with Crippen LogP contribution in [-0.4, -0.2) is 77.6 Å². The van der Waals surface area contributed by atoms with Gasteiger partial charge >= 0.3 is 0 Å². The molecule has 0 radical (unpaired) electrons. The molecular formula is C21H28N8OS. The van der Waals surface area contributed by atoms with Crippen molar-refractivity contribution in [2.45, 2.75) is 38.4 Å². The number of piperazine rings is 1. The van der Waals surface area contributed by atoms with Crippen molar-refractivity contribution in [1.82, 2.24) is 39.7 Å². The summed E-state index contributed by atoms with van der Waals surface area (Å²) >= 11 is 1.43. The average Bonchev–Trinajstić information content (AvgIpc) is 3.41. The second kappa shape index (κ2) is 9.61. The van der Waals surface area contributed by atoms with E-state index < -0.39 is 0 Å². The molecule has 0 spiro atoms. The maximum Gasteiger partial charge on any atom is 0.233 e. The number of rotatable bonds is 7. The summed E-state index contributed by atoms with van der Waals surface area (Å²) in [4.78, 5) is 21.3. The molecule has 3 heterocycles. The number of nitrogens with zero attached hydrogens (tertiary/aromatic N) is 7. The first-order chi connectivity index (χ1) is 15.0. The standard InChI is InChI=1S/C21H28N8OS/c1-15(2)17-4-6-18(7-5-17)29-14-22-26-21(29)31-13-20(30)28-10-8-27(9-11-28)12-19-23-16(3)24-25-19/h4-7,14-15H,8-13H2,1-3H3,(H,23,24,25). The van der Waals surface area contributed by atoms with Gasteiger partial charge in [-0.05, 0) is 30.5 Å². The largest absolute Gasteiger partial charge is 0.339 e. The molecule has 1 fully saturated rings. The lowest BCUT2D eigenvalue weighted by atomic mass is 10.0. The minimum atomic E-state index is 0.128. The third-order valence-electron chi connectivity index (χ3n) is 5.41. The van der Waals surface area contributed by atoms with Crippen LogP contribution in [0.25, 0.3) is 5.69 Å². The third-order valence-corrected chi connectivity index (χ3v) is 6.34. The van der Waals surface area contributed by atoms with Gasteiger partial charge in [-0.3, -0.25) is 19.4 Å². The number of aromatic amines is 1. The molecule has 0 atom stereocenters. The molecule has 164 valence electrons. The molecule has 0 bridgehead atoms. The van der Waals surface area contributed by atoms with Gasteiger partial charge in [0.2, 0.25) is 5.91 Å². The zero-order valence-electron chi connectivity index (χ0n) is 18.2. The van der Waals surface area contributed by atoms with Crippen LogP contribution in [0.5, 0.6) is 0 Å². The molecule has 0 unspecified atom stereocenters. The maximum absolute atomic E-state index is 12.7. The molecule has 4 rings (SSSR count). The zero-order chi connectivity index (χ0) is 21.8. The number of hydrogen-bond donors (Lipinski definition) is 1. The van der Waals surface area contributed by atoms with Crippen LogP contribution >= 0.6 is 11.8 Å². The first-order valence-electron chi connectivity index (χ1n) is 10.5. The fraction of sp³-hybridized carbons (Fsp3) is 0.476. The molecule has 0 saturated carbocycles. The monoisotopic (exact) mass is 440 g/mol. The number of benzene rings is 1. The van der Waals surface area contributed by atoms with Crippen molar-refractivity contribution in [1.29, 1.82) is 0 Å². The Morgan fingerprint density at radius 3 is 2.55 bits per heavy atom. The number of nitrogens with one attached hydrogen (secondary N) is 1. The van der Waals surface area contributed by atoms with Gasteiger partial charge in [-0.25, -0.2) is 4.98 Å². The van der Waals surface area contributed by atoms with E-state index in [9.17, 15) is 4.79 Å². The number of aromatic nitrogens is 6. The predicted octanol–water partition coefficient (Wildman–Crippen LogP) is 2.25. The Hall–Kier alpha value is -2.72. The van der Waals surface area contributed by atoms with Crippen LogP contribution in [0.3, 0.4) is 0 Å². The smallest absolute Gasteiger partial charge is 0.233 e. The fourth-order valence-electron chi connectivity index (χ4n) is 3.55. The van der Waals surface area contributed by atoms with Crippen molar-refractivity contribution in [2.75, 3.05) is 31.9 Å². The number of carbonyl (C=O) groups excluding carboxylic acids is 1. The second-order valence-electron chi connectivity index (χ2n) is 8.01.